The van der Waals surface area contributed by atoms with E-state index in [-0.39, 0.29) is 0 Å². The zero-order valence-corrected chi connectivity index (χ0v) is 11.9. The Balaban J connectivity index is 2.15. The van der Waals surface area contributed by atoms with Crippen LogP contribution < -0.4 is 10.6 Å². The molecule has 19 heavy (non-hydrogen) atoms. The quantitative estimate of drug-likeness (QED) is 0.902. The Hall–Kier alpha value is -1.51. The van der Waals surface area contributed by atoms with Crippen LogP contribution in [-0.4, -0.2) is 13.1 Å². The van der Waals surface area contributed by atoms with Crippen molar-refractivity contribution < 1.29 is 0 Å². The Morgan fingerprint density at radius 3 is 2.21 bits per heavy atom. The van der Waals surface area contributed by atoms with Crippen LogP contribution in [-0.2, 0) is 6.54 Å². The van der Waals surface area contributed by atoms with Gasteiger partial charge in [-0.1, -0.05) is 41.4 Å². The third-order valence-electron chi connectivity index (χ3n) is 3.08. The van der Waals surface area contributed by atoms with Gasteiger partial charge in [-0.15, -0.1) is 0 Å². The molecule has 100 valence electrons. The van der Waals surface area contributed by atoms with Crippen molar-refractivity contribution in [1.29, 1.82) is 0 Å². The molecule has 0 spiro atoms. The standard InChI is InChI=1S/C16H19ClN2/c1-13-2-4-14(5-3-13)12-19(11-10-18)16-8-6-15(17)7-9-16/h2-9H,10-12,18H2,1H3. The van der Waals surface area contributed by atoms with E-state index in [9.17, 15) is 0 Å². The van der Waals surface area contributed by atoms with E-state index in [1.165, 1.54) is 11.1 Å². The number of hydrogen-bond donors (Lipinski definition) is 1. The average Bonchev–Trinajstić information content (AvgIpc) is 2.42. The van der Waals surface area contributed by atoms with Crippen molar-refractivity contribution in [1.82, 2.24) is 0 Å². The fourth-order valence-corrected chi connectivity index (χ4v) is 2.15. The number of nitrogens with two attached hydrogens (primary N) is 1. The van der Waals surface area contributed by atoms with Crippen LogP contribution in [0.5, 0.6) is 0 Å². The van der Waals surface area contributed by atoms with E-state index < -0.39 is 0 Å². The summed E-state index contributed by atoms with van der Waals surface area (Å²) in [5.41, 5.74) is 9.42. The van der Waals surface area contributed by atoms with Crippen molar-refractivity contribution in [2.45, 2.75) is 13.5 Å². The first-order valence-corrected chi connectivity index (χ1v) is 6.83. The summed E-state index contributed by atoms with van der Waals surface area (Å²) in [7, 11) is 0. The molecule has 2 aromatic carbocycles. The molecule has 0 fully saturated rings. The fourth-order valence-electron chi connectivity index (χ4n) is 2.02. The lowest BCUT2D eigenvalue weighted by atomic mass is 10.1. The largest absolute Gasteiger partial charge is 0.366 e. The molecule has 0 aliphatic rings. The normalized spacial score (nSPS) is 10.5. The summed E-state index contributed by atoms with van der Waals surface area (Å²) in [6, 6.07) is 16.5. The minimum Gasteiger partial charge on any atom is -0.366 e. The van der Waals surface area contributed by atoms with Gasteiger partial charge in [0, 0.05) is 30.3 Å². The summed E-state index contributed by atoms with van der Waals surface area (Å²) >= 11 is 5.93. The van der Waals surface area contributed by atoms with Crippen molar-refractivity contribution in [2.75, 3.05) is 18.0 Å². The topological polar surface area (TPSA) is 29.3 Å². The predicted octanol–water partition coefficient (Wildman–Crippen LogP) is 3.61. The molecule has 0 aromatic heterocycles. The van der Waals surface area contributed by atoms with Gasteiger partial charge in [0.25, 0.3) is 0 Å². The Labute approximate surface area is 119 Å². The van der Waals surface area contributed by atoms with Crippen LogP contribution in [0.15, 0.2) is 48.5 Å². The molecular weight excluding hydrogens is 256 g/mol. The van der Waals surface area contributed by atoms with Crippen LogP contribution in [0.3, 0.4) is 0 Å². The predicted molar refractivity (Wildman–Crippen MR) is 82.7 cm³/mol. The van der Waals surface area contributed by atoms with Crippen LogP contribution in [0, 0.1) is 6.92 Å². The van der Waals surface area contributed by atoms with E-state index in [2.05, 4.69) is 36.1 Å². The van der Waals surface area contributed by atoms with Gasteiger partial charge in [0.05, 0.1) is 0 Å². The minimum atomic E-state index is 0.633. The summed E-state index contributed by atoms with van der Waals surface area (Å²) < 4.78 is 0. The first-order chi connectivity index (χ1) is 9.19. The summed E-state index contributed by atoms with van der Waals surface area (Å²) in [6.45, 7) is 4.42. The molecule has 0 aliphatic heterocycles. The van der Waals surface area contributed by atoms with Crippen LogP contribution in [0.1, 0.15) is 11.1 Å². The van der Waals surface area contributed by atoms with E-state index in [4.69, 9.17) is 17.3 Å². The van der Waals surface area contributed by atoms with E-state index in [1.807, 2.05) is 24.3 Å². The number of aryl methyl sites for hydroxylation is 1. The lowest BCUT2D eigenvalue weighted by Crippen LogP contribution is -2.28. The molecule has 2 rings (SSSR count). The number of halogens is 1. The van der Waals surface area contributed by atoms with Crippen LogP contribution in [0.25, 0.3) is 0 Å². The highest BCUT2D eigenvalue weighted by molar-refractivity contribution is 6.30. The second kappa shape index (κ2) is 6.60. The van der Waals surface area contributed by atoms with E-state index >= 15 is 0 Å². The zero-order chi connectivity index (χ0) is 13.7. The maximum atomic E-state index is 5.93. The van der Waals surface area contributed by atoms with E-state index in [0.717, 1.165) is 23.8 Å². The number of benzene rings is 2. The monoisotopic (exact) mass is 274 g/mol. The summed E-state index contributed by atoms with van der Waals surface area (Å²) in [4.78, 5) is 2.26. The molecule has 0 bridgehead atoms. The van der Waals surface area contributed by atoms with Gasteiger partial charge in [0.1, 0.15) is 0 Å². The molecule has 0 radical (unpaired) electrons. The zero-order valence-electron chi connectivity index (χ0n) is 11.1. The lowest BCUT2D eigenvalue weighted by Gasteiger charge is -2.24. The first kappa shape index (κ1) is 13.9. The average molecular weight is 275 g/mol. The molecule has 0 saturated carbocycles. The molecule has 2 aromatic rings. The van der Waals surface area contributed by atoms with Crippen molar-refractivity contribution in [3.63, 3.8) is 0 Å². The summed E-state index contributed by atoms with van der Waals surface area (Å²) in [5.74, 6) is 0. The highest BCUT2D eigenvalue weighted by Crippen LogP contribution is 2.20. The van der Waals surface area contributed by atoms with Gasteiger partial charge in [-0.25, -0.2) is 0 Å². The van der Waals surface area contributed by atoms with Crippen LogP contribution in [0.2, 0.25) is 5.02 Å². The Kier molecular flexibility index (Phi) is 4.83. The fraction of sp³-hybridized carbons (Fsp3) is 0.250. The van der Waals surface area contributed by atoms with Gasteiger partial charge in [0.2, 0.25) is 0 Å². The number of nitrogens with zero attached hydrogens (tertiary/aromatic N) is 1. The highest BCUT2D eigenvalue weighted by Gasteiger charge is 2.06. The molecule has 2 nitrogen and oxygen atoms in total. The summed E-state index contributed by atoms with van der Waals surface area (Å²) in [5, 5.41) is 0.756. The second-order valence-corrected chi connectivity index (χ2v) is 5.11. The highest BCUT2D eigenvalue weighted by atomic mass is 35.5. The molecule has 0 atom stereocenters. The lowest BCUT2D eigenvalue weighted by molar-refractivity contribution is 0.790. The van der Waals surface area contributed by atoms with Crippen molar-refractivity contribution in [3.05, 3.63) is 64.7 Å². The second-order valence-electron chi connectivity index (χ2n) is 4.67. The van der Waals surface area contributed by atoms with E-state index in [0.29, 0.717) is 6.54 Å². The Morgan fingerprint density at radius 2 is 1.63 bits per heavy atom. The Morgan fingerprint density at radius 1 is 1.00 bits per heavy atom. The van der Waals surface area contributed by atoms with Crippen molar-refractivity contribution >= 4 is 17.3 Å². The van der Waals surface area contributed by atoms with Gasteiger partial charge in [-0.3, -0.25) is 0 Å². The molecule has 0 heterocycles. The minimum absolute atomic E-state index is 0.633. The molecule has 0 aliphatic carbocycles. The smallest absolute Gasteiger partial charge is 0.0430 e. The van der Waals surface area contributed by atoms with Gasteiger partial charge >= 0.3 is 0 Å². The SMILES string of the molecule is Cc1ccc(CN(CCN)c2ccc(Cl)cc2)cc1. The van der Waals surface area contributed by atoms with Crippen LogP contribution in [0.4, 0.5) is 5.69 Å². The number of rotatable bonds is 5. The van der Waals surface area contributed by atoms with Gasteiger partial charge in [-0.05, 0) is 36.8 Å². The third-order valence-corrected chi connectivity index (χ3v) is 3.34. The van der Waals surface area contributed by atoms with Gasteiger partial charge in [-0.2, -0.15) is 0 Å². The van der Waals surface area contributed by atoms with E-state index in [1.54, 1.807) is 0 Å². The Bertz CT molecular complexity index is 505. The first-order valence-electron chi connectivity index (χ1n) is 6.45. The molecule has 2 N–H and O–H groups in total. The maximum absolute atomic E-state index is 5.93. The number of anilines is 1. The number of hydrogen-bond acceptors (Lipinski definition) is 2. The van der Waals surface area contributed by atoms with Gasteiger partial charge in [0.15, 0.2) is 0 Å². The van der Waals surface area contributed by atoms with Crippen molar-refractivity contribution in [2.24, 2.45) is 5.73 Å². The molecule has 0 unspecified atom stereocenters. The molecule has 0 amide bonds. The van der Waals surface area contributed by atoms with Crippen LogP contribution >= 0.6 is 11.6 Å². The van der Waals surface area contributed by atoms with Gasteiger partial charge < -0.3 is 10.6 Å². The molecular formula is C16H19ClN2. The summed E-state index contributed by atoms with van der Waals surface area (Å²) in [6.07, 6.45) is 0. The van der Waals surface area contributed by atoms with Crippen molar-refractivity contribution in [3.8, 4) is 0 Å². The molecule has 0 saturated heterocycles. The molecule has 3 heteroatoms. The maximum Gasteiger partial charge on any atom is 0.0430 e. The third kappa shape index (κ3) is 3.98.